The van der Waals surface area contributed by atoms with Gasteiger partial charge in [0.2, 0.25) is 5.91 Å². The van der Waals surface area contributed by atoms with Crippen LogP contribution >= 0.6 is 11.6 Å². The van der Waals surface area contributed by atoms with Crippen molar-refractivity contribution in [2.75, 3.05) is 17.7 Å². The quantitative estimate of drug-likeness (QED) is 0.164. The first-order valence-electron chi connectivity index (χ1n) is 14.1. The van der Waals surface area contributed by atoms with E-state index in [1.165, 1.54) is 42.5 Å². The molecule has 1 aliphatic rings. The van der Waals surface area contributed by atoms with Crippen LogP contribution in [0.5, 0.6) is 0 Å². The van der Waals surface area contributed by atoms with Crippen LogP contribution in [-0.4, -0.2) is 56.5 Å². The summed E-state index contributed by atoms with van der Waals surface area (Å²) in [7, 11) is 1.19. The minimum absolute atomic E-state index is 0.143. The van der Waals surface area contributed by atoms with Gasteiger partial charge in [-0.15, -0.1) is 5.10 Å². The number of hydrogen-bond donors (Lipinski definition) is 3. The Morgan fingerprint density at radius 3 is 2.74 bits per heavy atom. The zero-order chi connectivity index (χ0) is 32.7. The Morgan fingerprint density at radius 1 is 1.13 bits per heavy atom. The summed E-state index contributed by atoms with van der Waals surface area (Å²) >= 11 is 6.19. The van der Waals surface area contributed by atoms with E-state index in [0.717, 1.165) is 0 Å². The molecule has 2 amide bonds. The summed E-state index contributed by atoms with van der Waals surface area (Å²) in [5.41, 5.74) is 3.10. The highest BCUT2D eigenvalue weighted by Gasteiger charge is 2.39. The monoisotopic (exact) mass is 652 g/mol. The molecule has 1 unspecified atom stereocenters. The van der Waals surface area contributed by atoms with Gasteiger partial charge in [-0.1, -0.05) is 29.8 Å². The maximum atomic E-state index is 14.1. The van der Waals surface area contributed by atoms with Crippen LogP contribution in [0, 0.1) is 0 Å². The van der Waals surface area contributed by atoms with Crippen molar-refractivity contribution in [3.05, 3.63) is 95.6 Å². The maximum absolute atomic E-state index is 14.1. The molecule has 2 aromatic carbocycles. The Kier molecular flexibility index (Phi) is 9.96. The summed E-state index contributed by atoms with van der Waals surface area (Å²) in [6.07, 6.45) is 4.08. The number of aromatic nitrogens is 5. The highest BCUT2D eigenvalue weighted by atomic mass is 35.5. The lowest BCUT2D eigenvalue weighted by atomic mass is 9.99. The molecule has 46 heavy (non-hydrogen) atoms. The van der Waals surface area contributed by atoms with E-state index in [-0.39, 0.29) is 17.8 Å². The van der Waals surface area contributed by atoms with Gasteiger partial charge in [-0.05, 0) is 83.8 Å². The van der Waals surface area contributed by atoms with E-state index >= 15 is 0 Å². The number of pyridine rings is 1. The van der Waals surface area contributed by atoms with Crippen molar-refractivity contribution in [3.63, 3.8) is 0 Å². The first-order chi connectivity index (χ1) is 22.1. The Morgan fingerprint density at radius 2 is 1.98 bits per heavy atom. The number of alkyl halides is 3. The van der Waals surface area contributed by atoms with Crippen LogP contribution in [0.1, 0.15) is 36.6 Å². The molecule has 11 nitrogen and oxygen atoms in total. The van der Waals surface area contributed by atoms with Gasteiger partial charge in [0.1, 0.15) is 12.4 Å². The van der Waals surface area contributed by atoms with Crippen LogP contribution in [0.15, 0.2) is 79.3 Å². The third kappa shape index (κ3) is 8.07. The van der Waals surface area contributed by atoms with E-state index in [2.05, 4.69) is 41.2 Å². The predicted molar refractivity (Wildman–Crippen MR) is 166 cm³/mol. The van der Waals surface area contributed by atoms with E-state index in [0.29, 0.717) is 45.9 Å². The summed E-state index contributed by atoms with van der Waals surface area (Å²) < 4.78 is 48.3. The van der Waals surface area contributed by atoms with Crippen molar-refractivity contribution in [1.29, 1.82) is 0 Å². The summed E-state index contributed by atoms with van der Waals surface area (Å²) in [6, 6.07) is 10.5. The lowest BCUT2D eigenvalue weighted by Crippen LogP contribution is -2.36. The molecule has 15 heteroatoms. The first kappa shape index (κ1) is 32.2. The number of carbonyl (C=O) groups excluding carboxylic acids is 2. The van der Waals surface area contributed by atoms with Crippen LogP contribution in [-0.2, 0) is 9.53 Å². The van der Waals surface area contributed by atoms with Crippen LogP contribution in [0.2, 0.25) is 5.02 Å². The van der Waals surface area contributed by atoms with E-state index in [9.17, 15) is 22.8 Å². The average molecular weight is 653 g/mol. The second-order valence-electron chi connectivity index (χ2n) is 10.2. The number of carbonyl (C=O) groups is 2. The van der Waals surface area contributed by atoms with Gasteiger partial charge in [0.05, 0.1) is 24.5 Å². The molecular weight excluding hydrogens is 625 g/mol. The molecule has 3 N–H and O–H groups in total. The van der Waals surface area contributed by atoms with Gasteiger partial charge in [0, 0.05) is 39.8 Å². The number of fused-ring (bicyclic) bond motifs is 4. The number of rotatable bonds is 5. The topological polar surface area (TPSA) is 136 Å². The summed E-state index contributed by atoms with van der Waals surface area (Å²) in [4.78, 5) is 29.5. The highest BCUT2D eigenvalue weighted by molar-refractivity contribution is 6.30. The molecule has 2 aromatic heterocycles. The minimum Gasteiger partial charge on any atom is -0.453 e. The molecule has 0 saturated carbocycles. The third-order valence-corrected chi connectivity index (χ3v) is 7.34. The van der Waals surface area contributed by atoms with E-state index in [1.54, 1.807) is 54.6 Å². The van der Waals surface area contributed by atoms with Crippen molar-refractivity contribution < 1.29 is 27.5 Å². The molecule has 2 atom stereocenters. The normalized spacial score (nSPS) is 17.4. The Hall–Kier alpha value is -5.24. The van der Waals surface area contributed by atoms with Gasteiger partial charge in [0.15, 0.2) is 0 Å². The van der Waals surface area contributed by atoms with Gasteiger partial charge in [-0.25, -0.2) is 4.79 Å². The summed E-state index contributed by atoms with van der Waals surface area (Å²) in [6.45, 7) is 0. The molecule has 1 aliphatic heterocycles. The van der Waals surface area contributed by atoms with Crippen LogP contribution in [0.25, 0.3) is 22.9 Å². The van der Waals surface area contributed by atoms with Crippen LogP contribution < -0.4 is 16.0 Å². The number of ether oxygens (including phenoxy) is 1. The third-order valence-electron chi connectivity index (χ3n) is 7.10. The Bertz CT molecular complexity index is 1760. The molecule has 0 spiro atoms. The van der Waals surface area contributed by atoms with Gasteiger partial charge in [-0.3, -0.25) is 15.1 Å². The van der Waals surface area contributed by atoms with Crippen LogP contribution in [0.3, 0.4) is 0 Å². The second kappa shape index (κ2) is 14.2. The van der Waals surface area contributed by atoms with E-state index in [1.807, 2.05) is 0 Å². The number of hydrogen-bond acceptors (Lipinski definition) is 8. The largest absolute Gasteiger partial charge is 0.453 e. The average Bonchev–Trinajstić information content (AvgIpc) is 3.57. The van der Waals surface area contributed by atoms with Crippen LogP contribution in [0.4, 0.5) is 29.3 Å². The number of tetrazole rings is 1. The SMILES string of the molecule is COC(=O)Nc1ccc2c(c1)NC(C(F)(F)F)C/C=C\CC[C@H](NC(=O)/C=C/c1cc(Cl)ccc1-n1cnnn1)c1cc-2ccn1. The molecule has 0 aliphatic carbocycles. The molecule has 3 heterocycles. The molecule has 4 aromatic rings. The lowest BCUT2D eigenvalue weighted by Gasteiger charge is -2.24. The van der Waals surface area contributed by atoms with Crippen molar-refractivity contribution in [1.82, 2.24) is 30.5 Å². The lowest BCUT2D eigenvalue weighted by molar-refractivity contribution is -0.141. The fraction of sp³-hybridized carbons (Fsp3) is 0.226. The number of nitrogens with zero attached hydrogens (tertiary/aromatic N) is 5. The fourth-order valence-corrected chi connectivity index (χ4v) is 5.04. The number of amides is 2. The molecule has 0 fully saturated rings. The number of methoxy groups -OCH3 is 1. The Balaban J connectivity index is 1.46. The number of nitrogens with one attached hydrogen (secondary N) is 3. The van der Waals surface area contributed by atoms with Gasteiger partial charge >= 0.3 is 12.3 Å². The molecule has 2 bridgehead atoms. The van der Waals surface area contributed by atoms with Crippen molar-refractivity contribution in [2.45, 2.75) is 37.5 Å². The molecule has 238 valence electrons. The van der Waals surface area contributed by atoms with Crippen molar-refractivity contribution in [2.24, 2.45) is 0 Å². The number of anilines is 2. The zero-order valence-electron chi connectivity index (χ0n) is 24.3. The standard InChI is InChI=1S/C31H28ClF3N8O3/c1-46-30(45)38-22-9-10-23-19-13-14-36-26(16-19)24(5-3-2-4-6-28(31(33,34)35)39-25(23)17-22)40-29(44)12-7-20-15-21(32)8-11-27(20)43-18-37-41-42-43/h2,4,7-18,24,28,39H,3,5-6H2,1H3,(H,38,45)(H,40,44)/b4-2-,12-7+/t24-,28?/m0/s1. The molecule has 0 radical (unpaired) electrons. The van der Waals surface area contributed by atoms with E-state index < -0.39 is 30.3 Å². The smallest absolute Gasteiger partial charge is 0.411 e. The maximum Gasteiger partial charge on any atom is 0.411 e. The molecule has 0 saturated heterocycles. The molecular formula is C31H28ClF3N8O3. The van der Waals surface area contributed by atoms with Gasteiger partial charge < -0.3 is 15.4 Å². The predicted octanol–water partition coefficient (Wildman–Crippen LogP) is 6.51. The second-order valence-corrected chi connectivity index (χ2v) is 10.7. The minimum atomic E-state index is -4.56. The number of halogens is 4. The first-order valence-corrected chi connectivity index (χ1v) is 14.4. The van der Waals surface area contributed by atoms with E-state index in [4.69, 9.17) is 11.6 Å². The van der Waals surface area contributed by atoms with Gasteiger partial charge in [-0.2, -0.15) is 17.9 Å². The number of allylic oxidation sites excluding steroid dienone is 1. The number of benzene rings is 2. The van der Waals surface area contributed by atoms with Gasteiger partial charge in [0.25, 0.3) is 0 Å². The zero-order valence-corrected chi connectivity index (χ0v) is 25.1. The summed E-state index contributed by atoms with van der Waals surface area (Å²) in [5, 5.41) is 19.7. The van der Waals surface area contributed by atoms with Crippen molar-refractivity contribution >= 4 is 41.1 Å². The molecule has 5 rings (SSSR count). The summed E-state index contributed by atoms with van der Waals surface area (Å²) in [5.74, 6) is -0.425. The fourth-order valence-electron chi connectivity index (χ4n) is 4.86. The highest BCUT2D eigenvalue weighted by Crippen LogP contribution is 2.36. The van der Waals surface area contributed by atoms with Crippen molar-refractivity contribution in [3.8, 4) is 16.8 Å². The Labute approximate surface area is 266 Å².